The SMILES string of the molecule is O=C(C[C@H](CCCCc1ccc(O)cc1)C(=O)N[C@H](Cc1c[nH]c2ccccc12)C(=O)NCCc1ccccc1)NO. The Hall–Kier alpha value is -4.63. The minimum Gasteiger partial charge on any atom is -0.508 e. The number of H-pyrrole nitrogens is 1. The molecule has 0 saturated heterocycles. The van der Waals surface area contributed by atoms with E-state index in [1.165, 1.54) is 0 Å². The molecule has 0 spiro atoms. The number of carbonyl (C=O) groups is 3. The van der Waals surface area contributed by atoms with Crippen LogP contribution in [0.4, 0.5) is 0 Å². The van der Waals surface area contributed by atoms with Crippen LogP contribution in [0.1, 0.15) is 42.4 Å². The van der Waals surface area contributed by atoms with Gasteiger partial charge in [0.25, 0.3) is 0 Å². The molecule has 0 aliphatic carbocycles. The van der Waals surface area contributed by atoms with Crippen LogP contribution >= 0.6 is 0 Å². The molecule has 2 atom stereocenters. The minimum absolute atomic E-state index is 0.197. The topological polar surface area (TPSA) is 144 Å². The number of carbonyl (C=O) groups excluding carboxylic acids is 3. The molecule has 9 heteroatoms. The zero-order valence-corrected chi connectivity index (χ0v) is 23.5. The first-order valence-electron chi connectivity index (χ1n) is 14.3. The molecule has 3 amide bonds. The van der Waals surface area contributed by atoms with Crippen molar-refractivity contribution in [3.05, 3.63) is 102 Å². The molecule has 42 heavy (non-hydrogen) atoms. The maximum Gasteiger partial charge on any atom is 0.244 e. The van der Waals surface area contributed by atoms with Crippen LogP contribution in [0.25, 0.3) is 10.9 Å². The van der Waals surface area contributed by atoms with Crippen molar-refractivity contribution in [3.63, 3.8) is 0 Å². The summed E-state index contributed by atoms with van der Waals surface area (Å²) in [5.74, 6) is -1.89. The molecule has 1 aromatic heterocycles. The van der Waals surface area contributed by atoms with Gasteiger partial charge < -0.3 is 20.7 Å². The Balaban J connectivity index is 1.43. The molecule has 3 aromatic carbocycles. The van der Waals surface area contributed by atoms with Crippen LogP contribution in [-0.4, -0.2) is 45.6 Å². The Kier molecular flexibility index (Phi) is 11.1. The number of phenols is 1. The third-order valence-electron chi connectivity index (χ3n) is 7.42. The van der Waals surface area contributed by atoms with E-state index in [9.17, 15) is 19.5 Å². The van der Waals surface area contributed by atoms with Gasteiger partial charge in [0.15, 0.2) is 0 Å². The second-order valence-corrected chi connectivity index (χ2v) is 10.5. The molecule has 6 N–H and O–H groups in total. The summed E-state index contributed by atoms with van der Waals surface area (Å²) in [6.07, 6.45) is 5.17. The highest BCUT2D eigenvalue weighted by atomic mass is 16.5. The van der Waals surface area contributed by atoms with E-state index in [1.807, 2.05) is 72.9 Å². The van der Waals surface area contributed by atoms with Gasteiger partial charge in [-0.15, -0.1) is 0 Å². The Morgan fingerprint density at radius 1 is 0.810 bits per heavy atom. The Labute approximate surface area is 245 Å². The summed E-state index contributed by atoms with van der Waals surface area (Å²) < 4.78 is 0. The molecule has 0 bridgehead atoms. The van der Waals surface area contributed by atoms with Gasteiger partial charge in [-0.2, -0.15) is 0 Å². The van der Waals surface area contributed by atoms with Gasteiger partial charge in [0.2, 0.25) is 17.7 Å². The predicted octanol–water partition coefficient (Wildman–Crippen LogP) is 4.18. The van der Waals surface area contributed by atoms with E-state index in [2.05, 4.69) is 15.6 Å². The first-order chi connectivity index (χ1) is 20.4. The monoisotopic (exact) mass is 570 g/mol. The minimum atomic E-state index is -0.857. The zero-order chi connectivity index (χ0) is 29.7. The summed E-state index contributed by atoms with van der Waals surface area (Å²) in [5.41, 5.74) is 5.61. The number of aromatic nitrogens is 1. The van der Waals surface area contributed by atoms with E-state index in [0.717, 1.165) is 40.4 Å². The number of aromatic hydroxyl groups is 1. The van der Waals surface area contributed by atoms with E-state index in [4.69, 9.17) is 5.21 Å². The second kappa shape index (κ2) is 15.4. The van der Waals surface area contributed by atoms with Crippen LogP contribution in [0.2, 0.25) is 0 Å². The van der Waals surface area contributed by atoms with Crippen LogP contribution in [0.5, 0.6) is 5.75 Å². The van der Waals surface area contributed by atoms with Gasteiger partial charge in [-0.1, -0.05) is 67.1 Å². The molecule has 0 fully saturated rings. The maximum atomic E-state index is 13.5. The van der Waals surface area contributed by atoms with Crippen LogP contribution in [0, 0.1) is 5.92 Å². The lowest BCUT2D eigenvalue weighted by Gasteiger charge is -2.22. The molecular formula is C33H38N4O5. The van der Waals surface area contributed by atoms with Crippen molar-refractivity contribution in [1.82, 2.24) is 21.1 Å². The van der Waals surface area contributed by atoms with Crippen LogP contribution in [-0.2, 0) is 33.6 Å². The smallest absolute Gasteiger partial charge is 0.244 e. The number of hydrogen-bond donors (Lipinski definition) is 6. The van der Waals surface area contributed by atoms with Gasteiger partial charge in [0.05, 0.1) is 0 Å². The molecule has 0 unspecified atom stereocenters. The number of rotatable bonds is 15. The first kappa shape index (κ1) is 30.3. The summed E-state index contributed by atoms with van der Waals surface area (Å²) in [6.45, 7) is 0.413. The van der Waals surface area contributed by atoms with Gasteiger partial charge in [-0.25, -0.2) is 5.48 Å². The molecule has 0 radical (unpaired) electrons. The van der Waals surface area contributed by atoms with Crippen molar-refractivity contribution in [2.24, 2.45) is 5.92 Å². The van der Waals surface area contributed by atoms with Gasteiger partial charge in [0.1, 0.15) is 11.8 Å². The van der Waals surface area contributed by atoms with Crippen molar-refractivity contribution in [2.45, 2.75) is 51.0 Å². The lowest BCUT2D eigenvalue weighted by Crippen LogP contribution is -2.50. The van der Waals surface area contributed by atoms with Gasteiger partial charge in [-0.05, 0) is 60.6 Å². The third kappa shape index (κ3) is 8.94. The predicted molar refractivity (Wildman–Crippen MR) is 161 cm³/mol. The number of aryl methyl sites for hydroxylation is 1. The Morgan fingerprint density at radius 2 is 1.52 bits per heavy atom. The Morgan fingerprint density at radius 3 is 2.29 bits per heavy atom. The molecule has 0 aliphatic rings. The van der Waals surface area contributed by atoms with Crippen LogP contribution in [0.15, 0.2) is 85.1 Å². The average Bonchev–Trinajstić information content (AvgIpc) is 3.42. The second-order valence-electron chi connectivity index (χ2n) is 10.5. The molecule has 220 valence electrons. The lowest BCUT2D eigenvalue weighted by atomic mass is 9.94. The fraction of sp³-hybridized carbons (Fsp3) is 0.303. The van der Waals surface area contributed by atoms with Crippen molar-refractivity contribution >= 4 is 28.6 Å². The highest BCUT2D eigenvalue weighted by molar-refractivity contribution is 5.91. The van der Waals surface area contributed by atoms with Crippen molar-refractivity contribution in [3.8, 4) is 5.75 Å². The summed E-state index contributed by atoms with van der Waals surface area (Å²) in [5, 5.41) is 25.4. The van der Waals surface area contributed by atoms with Gasteiger partial charge >= 0.3 is 0 Å². The largest absolute Gasteiger partial charge is 0.508 e. The zero-order valence-electron chi connectivity index (χ0n) is 23.5. The summed E-state index contributed by atoms with van der Waals surface area (Å²) >= 11 is 0. The normalized spacial score (nSPS) is 12.4. The fourth-order valence-corrected chi connectivity index (χ4v) is 5.09. The number of phenolic OH excluding ortho intramolecular Hbond substituents is 1. The van der Waals surface area contributed by atoms with Crippen molar-refractivity contribution in [1.29, 1.82) is 0 Å². The summed E-state index contributed by atoms with van der Waals surface area (Å²) in [7, 11) is 0. The van der Waals surface area contributed by atoms with E-state index >= 15 is 0 Å². The highest BCUT2D eigenvalue weighted by Crippen LogP contribution is 2.21. The number of amides is 3. The molecule has 4 aromatic rings. The molecule has 1 heterocycles. The van der Waals surface area contributed by atoms with E-state index in [1.54, 1.807) is 17.6 Å². The number of unbranched alkanes of at least 4 members (excludes halogenated alkanes) is 1. The number of aromatic amines is 1. The lowest BCUT2D eigenvalue weighted by molar-refractivity contribution is -0.136. The van der Waals surface area contributed by atoms with Crippen LogP contribution in [0.3, 0.4) is 0 Å². The fourth-order valence-electron chi connectivity index (χ4n) is 5.09. The van der Waals surface area contributed by atoms with Crippen LogP contribution < -0.4 is 16.1 Å². The first-order valence-corrected chi connectivity index (χ1v) is 14.3. The number of para-hydroxylation sites is 1. The molecule has 0 aliphatic heterocycles. The molecule has 4 rings (SSSR count). The number of hydrogen-bond acceptors (Lipinski definition) is 5. The van der Waals surface area contributed by atoms with Gasteiger partial charge in [-0.3, -0.25) is 19.6 Å². The standard InChI is InChI=1S/C33H38N4O5/c38-27-16-14-24(15-17-27)10-4-5-11-25(21-31(39)37-42)32(40)36-30(20-26-22-35-29-13-7-6-12-28(26)29)33(41)34-19-18-23-8-2-1-3-9-23/h1-3,6-9,12-17,22,25,30,35,38,42H,4-5,10-11,18-21H2,(H,34,41)(H,36,40)(H,37,39)/t25-,30+/m0/s1. The van der Waals surface area contributed by atoms with E-state index < -0.39 is 23.8 Å². The maximum absolute atomic E-state index is 13.5. The van der Waals surface area contributed by atoms with Gasteiger partial charge in [0, 0.05) is 42.4 Å². The molecular weight excluding hydrogens is 532 g/mol. The van der Waals surface area contributed by atoms with Crippen molar-refractivity contribution < 1.29 is 24.7 Å². The van der Waals surface area contributed by atoms with E-state index in [-0.39, 0.29) is 24.5 Å². The summed E-state index contributed by atoms with van der Waals surface area (Å²) in [4.78, 5) is 42.2. The number of hydroxylamine groups is 1. The highest BCUT2D eigenvalue weighted by Gasteiger charge is 2.28. The average molecular weight is 571 g/mol. The number of fused-ring (bicyclic) bond motifs is 1. The third-order valence-corrected chi connectivity index (χ3v) is 7.42. The number of benzene rings is 3. The number of nitrogens with one attached hydrogen (secondary N) is 4. The molecule has 0 saturated carbocycles. The van der Waals surface area contributed by atoms with E-state index in [0.29, 0.717) is 25.8 Å². The Bertz CT molecular complexity index is 1450. The summed E-state index contributed by atoms with van der Waals surface area (Å²) in [6, 6.07) is 23.7. The molecule has 9 nitrogen and oxygen atoms in total. The quantitative estimate of drug-likeness (QED) is 0.0722. The van der Waals surface area contributed by atoms with Crippen molar-refractivity contribution in [2.75, 3.05) is 6.54 Å².